The lowest BCUT2D eigenvalue weighted by atomic mass is 9.86. The van der Waals surface area contributed by atoms with Crippen LogP contribution < -0.4 is 10.2 Å². The molecule has 1 saturated heterocycles. The summed E-state index contributed by atoms with van der Waals surface area (Å²) >= 11 is 0. The molecule has 1 aromatic rings. The molecule has 1 aromatic carbocycles. The minimum atomic E-state index is -0.0966. The molecule has 1 amide bonds. The van der Waals surface area contributed by atoms with Crippen LogP contribution in [0.3, 0.4) is 0 Å². The third-order valence-corrected chi connectivity index (χ3v) is 5.90. The average Bonchev–Trinajstić information content (AvgIpc) is 2.63. The maximum atomic E-state index is 12.7. The monoisotopic (exact) mass is 345 g/mol. The van der Waals surface area contributed by atoms with Crippen LogP contribution in [0.2, 0.25) is 0 Å². The van der Waals surface area contributed by atoms with Gasteiger partial charge in [0.15, 0.2) is 0 Å². The molecule has 25 heavy (non-hydrogen) atoms. The maximum Gasteiger partial charge on any atom is 0.237 e. The third kappa shape index (κ3) is 4.27. The molecule has 1 saturated carbocycles. The van der Waals surface area contributed by atoms with Crippen LogP contribution in [0.1, 0.15) is 39.5 Å². The van der Waals surface area contributed by atoms with Gasteiger partial charge in [-0.15, -0.1) is 0 Å². The van der Waals surface area contributed by atoms with Gasteiger partial charge in [0.1, 0.15) is 5.75 Å². The molecule has 1 aliphatic carbocycles. The molecule has 3 atom stereocenters. The summed E-state index contributed by atoms with van der Waals surface area (Å²) in [5.41, 5.74) is 0.885. The second-order valence-corrected chi connectivity index (χ2v) is 7.56. The van der Waals surface area contributed by atoms with Crippen LogP contribution in [0.5, 0.6) is 5.75 Å². The molecule has 1 heterocycles. The zero-order valence-corrected chi connectivity index (χ0v) is 15.4. The molecule has 2 N–H and O–H groups in total. The molecular formula is C20H31N3O2. The molecule has 2 aliphatic rings. The van der Waals surface area contributed by atoms with Crippen molar-refractivity contribution in [3.05, 3.63) is 24.3 Å². The average molecular weight is 345 g/mol. The number of hydrogen-bond acceptors (Lipinski definition) is 4. The first kappa shape index (κ1) is 18.1. The largest absolute Gasteiger partial charge is 0.506 e. The molecule has 1 aliphatic heterocycles. The highest BCUT2D eigenvalue weighted by Gasteiger charge is 2.29. The number of rotatable bonds is 4. The molecule has 0 radical (unpaired) electrons. The first-order chi connectivity index (χ1) is 12.1. The zero-order chi connectivity index (χ0) is 17.8. The fourth-order valence-corrected chi connectivity index (χ4v) is 4.08. The van der Waals surface area contributed by atoms with Crippen LogP contribution in [0.25, 0.3) is 0 Å². The number of benzene rings is 1. The number of nitrogens with one attached hydrogen (secondary N) is 1. The summed E-state index contributed by atoms with van der Waals surface area (Å²) in [6, 6.07) is 7.71. The minimum absolute atomic E-state index is 0.0966. The number of hydrogen-bond donors (Lipinski definition) is 2. The zero-order valence-electron chi connectivity index (χ0n) is 15.4. The number of para-hydroxylation sites is 2. The topological polar surface area (TPSA) is 55.8 Å². The molecular weight excluding hydrogens is 314 g/mol. The van der Waals surface area contributed by atoms with Crippen molar-refractivity contribution in [2.24, 2.45) is 5.92 Å². The summed E-state index contributed by atoms with van der Waals surface area (Å²) in [5.74, 6) is 1.07. The highest BCUT2D eigenvalue weighted by Crippen LogP contribution is 2.27. The molecule has 5 nitrogen and oxygen atoms in total. The lowest BCUT2D eigenvalue weighted by Gasteiger charge is -2.39. The van der Waals surface area contributed by atoms with Crippen LogP contribution in [0.4, 0.5) is 5.69 Å². The van der Waals surface area contributed by atoms with Gasteiger partial charge in [0, 0.05) is 32.2 Å². The standard InChI is InChI=1S/C20H31N3O2/c1-15-7-3-4-8-17(15)21-20(25)16(2)22-11-13-23(14-12-22)18-9-5-6-10-19(18)24/h5-6,9-10,15-17,24H,3-4,7-8,11-14H2,1-2H3,(H,21,25)/t15-,16+,17-/m0/s1. The van der Waals surface area contributed by atoms with Crippen molar-refractivity contribution < 1.29 is 9.90 Å². The molecule has 0 bridgehead atoms. The molecule has 3 rings (SSSR count). The first-order valence-electron chi connectivity index (χ1n) is 9.63. The van der Waals surface area contributed by atoms with Crippen molar-refractivity contribution >= 4 is 11.6 Å². The van der Waals surface area contributed by atoms with E-state index in [9.17, 15) is 9.90 Å². The first-order valence-corrected chi connectivity index (χ1v) is 9.63. The normalized spacial score (nSPS) is 26.2. The SMILES string of the molecule is C[C@H](C(=O)N[C@H]1CCCC[C@@H]1C)N1CCN(c2ccccc2O)CC1. The summed E-state index contributed by atoms with van der Waals surface area (Å²) in [6.07, 6.45) is 4.85. The van der Waals surface area contributed by atoms with Gasteiger partial charge in [-0.2, -0.15) is 0 Å². The Morgan fingerprint density at radius 3 is 2.52 bits per heavy atom. The Hall–Kier alpha value is -1.75. The van der Waals surface area contributed by atoms with Crippen molar-refractivity contribution in [1.29, 1.82) is 0 Å². The van der Waals surface area contributed by atoms with E-state index < -0.39 is 0 Å². The predicted octanol–water partition coefficient (Wildman–Crippen LogP) is 2.60. The second-order valence-electron chi connectivity index (χ2n) is 7.56. The van der Waals surface area contributed by atoms with E-state index in [0.29, 0.717) is 17.7 Å². The van der Waals surface area contributed by atoms with E-state index in [4.69, 9.17) is 0 Å². The number of aromatic hydroxyl groups is 1. The molecule has 138 valence electrons. The Bertz CT molecular complexity index is 584. The van der Waals surface area contributed by atoms with Crippen LogP contribution >= 0.6 is 0 Å². The van der Waals surface area contributed by atoms with Crippen LogP contribution in [0.15, 0.2) is 24.3 Å². The number of piperazine rings is 1. The Kier molecular flexibility index (Phi) is 5.84. The Morgan fingerprint density at radius 1 is 1.16 bits per heavy atom. The van der Waals surface area contributed by atoms with Gasteiger partial charge >= 0.3 is 0 Å². The summed E-state index contributed by atoms with van der Waals surface area (Å²) in [5, 5.41) is 13.3. The van der Waals surface area contributed by atoms with Crippen LogP contribution in [-0.2, 0) is 4.79 Å². The summed E-state index contributed by atoms with van der Waals surface area (Å²) in [4.78, 5) is 17.1. The summed E-state index contributed by atoms with van der Waals surface area (Å²) in [7, 11) is 0. The summed E-state index contributed by atoms with van der Waals surface area (Å²) < 4.78 is 0. The third-order valence-electron chi connectivity index (χ3n) is 5.90. The lowest BCUT2D eigenvalue weighted by Crippen LogP contribution is -2.55. The van der Waals surface area contributed by atoms with Gasteiger partial charge in [-0.3, -0.25) is 9.69 Å². The molecule has 0 aromatic heterocycles. The molecule has 0 unspecified atom stereocenters. The lowest BCUT2D eigenvalue weighted by molar-refractivity contribution is -0.127. The van der Waals surface area contributed by atoms with Gasteiger partial charge in [-0.1, -0.05) is 31.9 Å². The number of phenols is 1. The fourth-order valence-electron chi connectivity index (χ4n) is 4.08. The van der Waals surface area contributed by atoms with Crippen LogP contribution in [0, 0.1) is 5.92 Å². The van der Waals surface area contributed by atoms with Crippen molar-refractivity contribution in [1.82, 2.24) is 10.2 Å². The van der Waals surface area contributed by atoms with Crippen molar-refractivity contribution in [3.63, 3.8) is 0 Å². The fraction of sp³-hybridized carbons (Fsp3) is 0.650. The Morgan fingerprint density at radius 2 is 1.84 bits per heavy atom. The van der Waals surface area contributed by atoms with Gasteiger partial charge in [0.2, 0.25) is 5.91 Å². The number of carbonyl (C=O) groups excluding carboxylic acids is 1. The number of carbonyl (C=O) groups is 1. The second kappa shape index (κ2) is 8.09. The minimum Gasteiger partial charge on any atom is -0.506 e. The number of phenolic OH excluding ortho intramolecular Hbond substituents is 1. The van der Waals surface area contributed by atoms with Crippen molar-refractivity contribution in [2.75, 3.05) is 31.1 Å². The van der Waals surface area contributed by atoms with Crippen LogP contribution in [-0.4, -0.2) is 54.2 Å². The number of anilines is 1. The predicted molar refractivity (Wildman–Crippen MR) is 101 cm³/mol. The van der Waals surface area contributed by atoms with Gasteiger partial charge in [0.05, 0.1) is 11.7 Å². The van der Waals surface area contributed by atoms with Gasteiger partial charge in [-0.05, 0) is 37.8 Å². The number of nitrogens with zero attached hydrogens (tertiary/aromatic N) is 2. The van der Waals surface area contributed by atoms with Crippen molar-refractivity contribution in [2.45, 2.75) is 51.6 Å². The van der Waals surface area contributed by atoms with Gasteiger partial charge in [0.25, 0.3) is 0 Å². The van der Waals surface area contributed by atoms with E-state index in [2.05, 4.69) is 22.0 Å². The maximum absolute atomic E-state index is 12.7. The van der Waals surface area contributed by atoms with E-state index in [-0.39, 0.29) is 11.9 Å². The Balaban J connectivity index is 1.51. The smallest absolute Gasteiger partial charge is 0.237 e. The van der Waals surface area contributed by atoms with E-state index in [1.807, 2.05) is 25.1 Å². The Labute approximate surface area is 151 Å². The van der Waals surface area contributed by atoms with Gasteiger partial charge in [-0.25, -0.2) is 0 Å². The highest BCUT2D eigenvalue weighted by molar-refractivity contribution is 5.81. The van der Waals surface area contributed by atoms with E-state index in [0.717, 1.165) is 38.3 Å². The molecule has 2 fully saturated rings. The molecule has 5 heteroatoms. The quantitative estimate of drug-likeness (QED) is 0.881. The number of amides is 1. The molecule has 0 spiro atoms. The summed E-state index contributed by atoms with van der Waals surface area (Å²) in [6.45, 7) is 7.59. The van der Waals surface area contributed by atoms with E-state index in [1.54, 1.807) is 6.07 Å². The highest BCUT2D eigenvalue weighted by atomic mass is 16.3. The van der Waals surface area contributed by atoms with Gasteiger partial charge < -0.3 is 15.3 Å². The van der Waals surface area contributed by atoms with E-state index in [1.165, 1.54) is 19.3 Å². The van der Waals surface area contributed by atoms with E-state index >= 15 is 0 Å². The van der Waals surface area contributed by atoms with Crippen molar-refractivity contribution in [3.8, 4) is 5.75 Å².